The normalized spacial score (nSPS) is 24.9. The zero-order valence-electron chi connectivity index (χ0n) is 15.7. The fourth-order valence-electron chi connectivity index (χ4n) is 2.44. The van der Waals surface area contributed by atoms with Crippen molar-refractivity contribution in [2.45, 2.75) is 24.9 Å². The molecule has 0 aliphatic carbocycles. The zero-order valence-corrected chi connectivity index (χ0v) is 18.4. The Bertz CT molecular complexity index is 1160. The Hall–Kier alpha value is -1.47. The summed E-state index contributed by atoms with van der Waals surface area (Å²) >= 11 is 0. The molecule has 0 radical (unpaired) electrons. The summed E-state index contributed by atoms with van der Waals surface area (Å²) in [7, 11) is -16.7. The van der Waals surface area contributed by atoms with E-state index in [0.29, 0.717) is 0 Å². The van der Waals surface area contributed by atoms with Gasteiger partial charge in [0.2, 0.25) is 0 Å². The van der Waals surface area contributed by atoms with Gasteiger partial charge in [-0.25, -0.2) is 18.5 Å². The second kappa shape index (κ2) is 10.2. The van der Waals surface area contributed by atoms with Crippen LogP contribution in [0.3, 0.4) is 0 Å². The van der Waals surface area contributed by atoms with E-state index in [0.717, 1.165) is 10.8 Å². The lowest BCUT2D eigenvalue weighted by Crippen LogP contribution is -2.33. The van der Waals surface area contributed by atoms with Crippen molar-refractivity contribution in [3.05, 3.63) is 32.6 Å². The van der Waals surface area contributed by atoms with Crippen LogP contribution in [0.2, 0.25) is 0 Å². The van der Waals surface area contributed by atoms with Crippen LogP contribution in [0.4, 0.5) is 0 Å². The Labute approximate surface area is 178 Å². The Kier molecular flexibility index (Phi) is 8.54. The molecule has 0 saturated carbocycles. The summed E-state index contributed by atoms with van der Waals surface area (Å²) in [5.41, 5.74) is 3.42. The summed E-state index contributed by atoms with van der Waals surface area (Å²) in [4.78, 5) is 61.3. The van der Waals surface area contributed by atoms with Gasteiger partial charge in [0.05, 0.1) is 19.3 Å². The predicted octanol–water partition coefficient (Wildman–Crippen LogP) is -2.16. The number of aliphatic hydroxyl groups is 1. The maximum absolute atomic E-state index is 12.1. The number of aromatic amines is 1. The van der Waals surface area contributed by atoms with Crippen molar-refractivity contribution in [1.29, 1.82) is 0 Å². The molecular formula is C12H18N3O14P3. The molecule has 2 heterocycles. The molecule has 0 bridgehead atoms. The SMILES string of the molecule is NCC#Cc1cn([C@@H]2C[C@@H](O)[C@H](COP(=O)(O)OP(=O)(O)OP(=O)(O)O)O2)c(=O)[nH]c1=O. The first-order valence-electron chi connectivity index (χ1n) is 8.29. The number of hydrogen-bond donors (Lipinski definition) is 7. The van der Waals surface area contributed by atoms with Gasteiger partial charge in [0.25, 0.3) is 5.56 Å². The predicted molar refractivity (Wildman–Crippen MR) is 102 cm³/mol. The first-order valence-corrected chi connectivity index (χ1v) is 12.8. The van der Waals surface area contributed by atoms with Crippen LogP contribution in [0.15, 0.2) is 15.8 Å². The molecule has 1 fully saturated rings. The quantitative estimate of drug-likeness (QED) is 0.142. The highest BCUT2D eigenvalue weighted by atomic mass is 31.3. The minimum atomic E-state index is -5.70. The van der Waals surface area contributed by atoms with E-state index >= 15 is 0 Å². The third-order valence-corrected chi connectivity index (χ3v) is 7.43. The van der Waals surface area contributed by atoms with E-state index in [1.807, 2.05) is 4.98 Å². The largest absolute Gasteiger partial charge is 0.490 e. The van der Waals surface area contributed by atoms with Crippen LogP contribution in [0, 0.1) is 11.8 Å². The molecule has 5 atom stereocenters. The minimum absolute atomic E-state index is 0.0557. The van der Waals surface area contributed by atoms with Crippen LogP contribution < -0.4 is 17.0 Å². The molecule has 17 nitrogen and oxygen atoms in total. The van der Waals surface area contributed by atoms with Gasteiger partial charge in [-0.1, -0.05) is 11.8 Å². The number of hydrogen-bond acceptors (Lipinski definition) is 11. The van der Waals surface area contributed by atoms with E-state index in [9.17, 15) is 33.3 Å². The van der Waals surface area contributed by atoms with Crippen LogP contribution in [-0.4, -0.2) is 59.6 Å². The molecule has 0 spiro atoms. The third kappa shape index (κ3) is 7.84. The summed E-state index contributed by atoms with van der Waals surface area (Å²) < 4.78 is 51.4. The molecule has 0 aromatic carbocycles. The number of phosphoric ester groups is 1. The highest BCUT2D eigenvalue weighted by Gasteiger charge is 2.43. The van der Waals surface area contributed by atoms with Gasteiger partial charge in [-0.3, -0.25) is 18.9 Å². The first-order chi connectivity index (χ1) is 14.6. The zero-order chi connectivity index (χ0) is 24.3. The number of ether oxygens (including phenoxy) is 1. The Morgan fingerprint density at radius 2 is 1.84 bits per heavy atom. The van der Waals surface area contributed by atoms with Crippen molar-refractivity contribution >= 4 is 23.5 Å². The highest BCUT2D eigenvalue weighted by molar-refractivity contribution is 7.66. The molecule has 180 valence electrons. The molecule has 1 aromatic rings. The van der Waals surface area contributed by atoms with E-state index in [4.69, 9.17) is 25.2 Å². The smallest absolute Gasteiger partial charge is 0.390 e. The summed E-state index contributed by atoms with van der Waals surface area (Å²) in [6.07, 6.45) is -3.07. The van der Waals surface area contributed by atoms with Crippen LogP contribution in [0.1, 0.15) is 18.2 Å². The molecule has 1 aliphatic heterocycles. The minimum Gasteiger partial charge on any atom is -0.390 e. The number of aromatic nitrogens is 2. The second-order valence-electron chi connectivity index (χ2n) is 6.03. The Balaban J connectivity index is 2.09. The van der Waals surface area contributed by atoms with Gasteiger partial charge < -0.3 is 35.2 Å². The molecule has 2 rings (SSSR count). The highest BCUT2D eigenvalue weighted by Crippen LogP contribution is 2.66. The fraction of sp³-hybridized carbons (Fsp3) is 0.500. The van der Waals surface area contributed by atoms with Gasteiger partial charge >= 0.3 is 29.2 Å². The summed E-state index contributed by atoms with van der Waals surface area (Å²) in [6, 6.07) is 0. The summed E-state index contributed by atoms with van der Waals surface area (Å²) in [5, 5.41) is 10.1. The number of rotatable bonds is 8. The molecule has 8 N–H and O–H groups in total. The first kappa shape index (κ1) is 26.8. The van der Waals surface area contributed by atoms with E-state index in [1.165, 1.54) is 0 Å². The molecule has 0 amide bonds. The molecule has 20 heteroatoms. The summed E-state index contributed by atoms with van der Waals surface area (Å²) in [5.74, 6) is 4.87. The number of aliphatic hydroxyl groups excluding tert-OH is 1. The molecule has 2 unspecified atom stereocenters. The van der Waals surface area contributed by atoms with E-state index in [-0.39, 0.29) is 18.5 Å². The average molecular weight is 521 g/mol. The van der Waals surface area contributed by atoms with Crippen LogP contribution in [0.25, 0.3) is 0 Å². The topological polar surface area (TPSA) is 270 Å². The van der Waals surface area contributed by atoms with Gasteiger partial charge in [-0.05, 0) is 0 Å². The molecule has 32 heavy (non-hydrogen) atoms. The van der Waals surface area contributed by atoms with Gasteiger partial charge in [-0.2, -0.15) is 8.62 Å². The number of nitrogens with one attached hydrogen (secondary N) is 1. The second-order valence-corrected chi connectivity index (χ2v) is 10.5. The van der Waals surface area contributed by atoms with Crippen LogP contribution >= 0.6 is 23.5 Å². The number of phosphoric acid groups is 3. The lowest BCUT2D eigenvalue weighted by Gasteiger charge is -2.19. The molecule has 1 saturated heterocycles. The van der Waals surface area contributed by atoms with Crippen molar-refractivity contribution < 1.29 is 56.3 Å². The molecule has 1 aliphatic rings. The number of nitrogens with zero attached hydrogens (tertiary/aromatic N) is 1. The van der Waals surface area contributed by atoms with Crippen LogP contribution in [0.5, 0.6) is 0 Å². The van der Waals surface area contributed by atoms with E-state index < -0.39 is 59.8 Å². The van der Waals surface area contributed by atoms with Crippen molar-refractivity contribution in [2.75, 3.05) is 13.2 Å². The standard InChI is InChI=1S/C12H18N3O14P3/c13-3-1-2-7-5-15(12(18)14-11(7)17)10-4-8(16)9(27-10)6-26-31(22,23)29-32(24,25)28-30(19,20)21/h5,8-10,16H,3-4,6,13H2,(H,22,23)(H,24,25)(H,14,17,18)(H2,19,20,21)/t8-,9+,10+/m1/s1. The van der Waals surface area contributed by atoms with Gasteiger partial charge in [0.15, 0.2) is 0 Å². The lowest BCUT2D eigenvalue weighted by molar-refractivity contribution is -0.0450. The number of nitrogens with two attached hydrogens (primary N) is 1. The molecule has 1 aromatic heterocycles. The average Bonchev–Trinajstić information content (AvgIpc) is 2.97. The molecular weight excluding hydrogens is 503 g/mol. The fourth-order valence-corrected chi connectivity index (χ4v) is 5.47. The lowest BCUT2D eigenvalue weighted by atomic mass is 10.2. The summed E-state index contributed by atoms with van der Waals surface area (Å²) in [6.45, 7) is -0.973. The van der Waals surface area contributed by atoms with Gasteiger partial charge in [-0.15, -0.1) is 0 Å². The van der Waals surface area contributed by atoms with Crippen molar-refractivity contribution in [3.8, 4) is 11.8 Å². The Morgan fingerprint density at radius 3 is 2.44 bits per heavy atom. The monoisotopic (exact) mass is 521 g/mol. The van der Waals surface area contributed by atoms with E-state index in [2.05, 4.69) is 25.0 Å². The van der Waals surface area contributed by atoms with Crippen LogP contribution in [-0.2, 0) is 31.6 Å². The van der Waals surface area contributed by atoms with Gasteiger partial charge in [0, 0.05) is 12.6 Å². The van der Waals surface area contributed by atoms with Crippen molar-refractivity contribution in [2.24, 2.45) is 5.73 Å². The van der Waals surface area contributed by atoms with Crippen molar-refractivity contribution in [1.82, 2.24) is 9.55 Å². The van der Waals surface area contributed by atoms with Gasteiger partial charge in [0.1, 0.15) is 17.9 Å². The Morgan fingerprint density at radius 1 is 1.19 bits per heavy atom. The van der Waals surface area contributed by atoms with Crippen molar-refractivity contribution in [3.63, 3.8) is 0 Å². The number of H-pyrrole nitrogens is 1. The van der Waals surface area contributed by atoms with E-state index in [1.54, 1.807) is 0 Å². The third-order valence-electron chi connectivity index (χ3n) is 3.63. The maximum atomic E-state index is 12.1. The maximum Gasteiger partial charge on any atom is 0.490 e.